The second kappa shape index (κ2) is 5.53. The summed E-state index contributed by atoms with van der Waals surface area (Å²) in [5.74, 6) is -0.0219. The standard InChI is InChI=1S/C14H11BrN4O2/c1-21-14-17-13(18-19-14)16-12(20)10-3-2-9-7-11(15)5-4-8(9)6-10/h2-7H,1H3,(H2,16,17,18,19,20). The lowest BCUT2D eigenvalue weighted by Gasteiger charge is -2.04. The van der Waals surface area contributed by atoms with Crippen LogP contribution in [0.1, 0.15) is 10.4 Å². The molecule has 2 N–H and O–H groups in total. The molecule has 0 aliphatic heterocycles. The molecule has 3 aromatic rings. The number of carbonyl (C=O) groups excluding carboxylic acids is 1. The fourth-order valence-corrected chi connectivity index (χ4v) is 2.31. The molecule has 0 aliphatic carbocycles. The summed E-state index contributed by atoms with van der Waals surface area (Å²) in [5, 5.41) is 11.0. The summed E-state index contributed by atoms with van der Waals surface area (Å²) in [6.45, 7) is 0. The molecule has 0 bridgehead atoms. The number of halogens is 1. The molecule has 2 aromatic carbocycles. The van der Waals surface area contributed by atoms with Gasteiger partial charge in [0.2, 0.25) is 5.95 Å². The molecule has 3 rings (SSSR count). The second-order valence-electron chi connectivity index (χ2n) is 4.33. The van der Waals surface area contributed by atoms with Gasteiger partial charge in [0.25, 0.3) is 5.91 Å². The maximum Gasteiger partial charge on any atom is 0.336 e. The molecule has 0 fully saturated rings. The van der Waals surface area contributed by atoms with Crippen LogP contribution in [-0.2, 0) is 0 Å². The van der Waals surface area contributed by atoms with E-state index in [1.54, 1.807) is 6.07 Å². The van der Waals surface area contributed by atoms with Gasteiger partial charge in [-0.05, 0) is 35.0 Å². The first-order valence-corrected chi connectivity index (χ1v) is 6.92. The van der Waals surface area contributed by atoms with Crippen LogP contribution < -0.4 is 10.1 Å². The molecule has 21 heavy (non-hydrogen) atoms. The van der Waals surface area contributed by atoms with Gasteiger partial charge in [0.15, 0.2) is 0 Å². The van der Waals surface area contributed by atoms with Crippen LogP contribution in [0.3, 0.4) is 0 Å². The summed E-state index contributed by atoms with van der Waals surface area (Å²) >= 11 is 3.42. The Morgan fingerprint density at radius 2 is 2.00 bits per heavy atom. The van der Waals surface area contributed by atoms with Gasteiger partial charge in [0.1, 0.15) is 0 Å². The van der Waals surface area contributed by atoms with E-state index in [2.05, 4.69) is 36.4 Å². The molecule has 6 nitrogen and oxygen atoms in total. The highest BCUT2D eigenvalue weighted by Crippen LogP contribution is 2.21. The number of amides is 1. The summed E-state index contributed by atoms with van der Waals surface area (Å²) in [7, 11) is 1.45. The Morgan fingerprint density at radius 1 is 1.24 bits per heavy atom. The first kappa shape index (κ1) is 13.6. The van der Waals surface area contributed by atoms with Crippen LogP contribution in [0, 0.1) is 0 Å². The summed E-state index contributed by atoms with van der Waals surface area (Å²) in [4.78, 5) is 16.1. The van der Waals surface area contributed by atoms with E-state index >= 15 is 0 Å². The van der Waals surface area contributed by atoms with Crippen molar-refractivity contribution >= 4 is 38.6 Å². The average Bonchev–Trinajstić information content (AvgIpc) is 2.94. The smallest absolute Gasteiger partial charge is 0.336 e. The molecule has 0 atom stereocenters. The number of nitrogens with one attached hydrogen (secondary N) is 2. The number of hydrogen-bond donors (Lipinski definition) is 2. The van der Waals surface area contributed by atoms with Crippen molar-refractivity contribution in [3.63, 3.8) is 0 Å². The summed E-state index contributed by atoms with van der Waals surface area (Å²) < 4.78 is 5.84. The van der Waals surface area contributed by atoms with Gasteiger partial charge >= 0.3 is 6.01 Å². The van der Waals surface area contributed by atoms with Crippen molar-refractivity contribution in [1.29, 1.82) is 0 Å². The zero-order valence-corrected chi connectivity index (χ0v) is 12.6. The minimum atomic E-state index is -0.265. The van der Waals surface area contributed by atoms with Crippen LogP contribution in [-0.4, -0.2) is 28.2 Å². The fraction of sp³-hybridized carbons (Fsp3) is 0.0714. The van der Waals surface area contributed by atoms with Crippen LogP contribution in [0.5, 0.6) is 6.01 Å². The molecular weight excluding hydrogens is 336 g/mol. The Kier molecular flexibility index (Phi) is 3.57. The lowest BCUT2D eigenvalue weighted by molar-refractivity contribution is 0.102. The molecule has 1 heterocycles. The van der Waals surface area contributed by atoms with Crippen molar-refractivity contribution in [2.24, 2.45) is 0 Å². The van der Waals surface area contributed by atoms with Gasteiger partial charge in [-0.1, -0.05) is 28.1 Å². The molecule has 0 spiro atoms. The maximum atomic E-state index is 12.2. The number of nitrogens with zero attached hydrogens (tertiary/aromatic N) is 2. The minimum Gasteiger partial charge on any atom is -0.466 e. The lowest BCUT2D eigenvalue weighted by Crippen LogP contribution is -2.12. The van der Waals surface area contributed by atoms with E-state index in [9.17, 15) is 4.79 Å². The Morgan fingerprint density at radius 3 is 2.76 bits per heavy atom. The zero-order valence-electron chi connectivity index (χ0n) is 11.1. The highest BCUT2D eigenvalue weighted by Gasteiger charge is 2.10. The van der Waals surface area contributed by atoms with Gasteiger partial charge in [-0.2, -0.15) is 4.98 Å². The van der Waals surface area contributed by atoms with Crippen molar-refractivity contribution in [2.75, 3.05) is 12.4 Å². The zero-order chi connectivity index (χ0) is 14.8. The molecule has 0 radical (unpaired) electrons. The molecule has 0 saturated heterocycles. The SMILES string of the molecule is COc1n[nH]c(NC(=O)c2ccc3cc(Br)ccc3c2)n1. The highest BCUT2D eigenvalue weighted by molar-refractivity contribution is 9.10. The molecule has 1 amide bonds. The molecule has 7 heteroatoms. The van der Waals surface area contributed by atoms with Crippen LogP contribution in [0.25, 0.3) is 10.8 Å². The number of hydrogen-bond acceptors (Lipinski definition) is 4. The van der Waals surface area contributed by atoms with Crippen molar-refractivity contribution < 1.29 is 9.53 Å². The van der Waals surface area contributed by atoms with Crippen LogP contribution in [0.4, 0.5) is 5.95 Å². The molecule has 0 aliphatic rings. The normalized spacial score (nSPS) is 10.6. The van der Waals surface area contributed by atoms with E-state index in [0.717, 1.165) is 15.2 Å². The van der Waals surface area contributed by atoms with Crippen LogP contribution in [0.2, 0.25) is 0 Å². The molecule has 106 valence electrons. The van der Waals surface area contributed by atoms with Gasteiger partial charge in [-0.25, -0.2) is 5.10 Å². The number of anilines is 1. The fourth-order valence-electron chi connectivity index (χ4n) is 1.93. The lowest BCUT2D eigenvalue weighted by atomic mass is 10.1. The third-order valence-corrected chi connectivity index (χ3v) is 3.44. The van der Waals surface area contributed by atoms with Gasteiger partial charge in [-0.15, -0.1) is 5.10 Å². The van der Waals surface area contributed by atoms with Gasteiger partial charge in [0.05, 0.1) is 7.11 Å². The Bertz CT molecular complexity index is 816. The van der Waals surface area contributed by atoms with E-state index in [-0.39, 0.29) is 17.9 Å². The minimum absolute atomic E-state index is 0.175. The average molecular weight is 347 g/mol. The van der Waals surface area contributed by atoms with Crippen molar-refractivity contribution in [2.45, 2.75) is 0 Å². The number of carbonyl (C=O) groups is 1. The predicted octanol–water partition coefficient (Wildman–Crippen LogP) is 2.98. The summed E-state index contributed by atoms with van der Waals surface area (Å²) in [6, 6.07) is 11.5. The Hall–Kier alpha value is -2.41. The quantitative estimate of drug-likeness (QED) is 0.763. The summed E-state index contributed by atoms with van der Waals surface area (Å²) in [5.41, 5.74) is 0.542. The molecular formula is C14H11BrN4O2. The number of H-pyrrole nitrogens is 1. The van der Waals surface area contributed by atoms with Crippen molar-refractivity contribution in [1.82, 2.24) is 15.2 Å². The monoisotopic (exact) mass is 346 g/mol. The van der Waals surface area contributed by atoms with E-state index in [0.29, 0.717) is 5.56 Å². The number of aromatic nitrogens is 3. The van der Waals surface area contributed by atoms with E-state index < -0.39 is 0 Å². The van der Waals surface area contributed by atoms with Gasteiger partial charge in [-0.3, -0.25) is 10.1 Å². The third-order valence-electron chi connectivity index (χ3n) is 2.94. The van der Waals surface area contributed by atoms with Gasteiger partial charge in [0, 0.05) is 10.0 Å². The number of rotatable bonds is 3. The number of aromatic amines is 1. The first-order valence-electron chi connectivity index (χ1n) is 6.13. The second-order valence-corrected chi connectivity index (χ2v) is 5.25. The van der Waals surface area contributed by atoms with E-state index in [4.69, 9.17) is 4.74 Å². The largest absolute Gasteiger partial charge is 0.466 e. The third kappa shape index (κ3) is 2.87. The number of fused-ring (bicyclic) bond motifs is 1. The maximum absolute atomic E-state index is 12.2. The van der Waals surface area contributed by atoms with Crippen LogP contribution >= 0.6 is 15.9 Å². The highest BCUT2D eigenvalue weighted by atomic mass is 79.9. The predicted molar refractivity (Wildman–Crippen MR) is 82.5 cm³/mol. The Labute approximate surface area is 128 Å². The number of benzene rings is 2. The van der Waals surface area contributed by atoms with Crippen molar-refractivity contribution in [3.8, 4) is 6.01 Å². The molecule has 1 aromatic heterocycles. The molecule has 0 unspecified atom stereocenters. The Balaban J connectivity index is 1.85. The number of ether oxygens (including phenoxy) is 1. The van der Waals surface area contributed by atoms with Crippen LogP contribution in [0.15, 0.2) is 40.9 Å². The van der Waals surface area contributed by atoms with E-state index in [1.807, 2.05) is 30.3 Å². The van der Waals surface area contributed by atoms with E-state index in [1.165, 1.54) is 7.11 Å². The first-order chi connectivity index (χ1) is 10.2. The molecule has 0 saturated carbocycles. The van der Waals surface area contributed by atoms with Crippen molar-refractivity contribution in [3.05, 3.63) is 46.4 Å². The number of methoxy groups -OCH3 is 1. The summed E-state index contributed by atoms with van der Waals surface area (Å²) in [6.07, 6.45) is 0. The van der Waals surface area contributed by atoms with Gasteiger partial charge < -0.3 is 4.74 Å². The topological polar surface area (TPSA) is 79.9 Å².